The van der Waals surface area contributed by atoms with Crippen LogP contribution in [0.2, 0.25) is 0 Å². The zero-order chi connectivity index (χ0) is 17.5. The molecule has 1 heterocycles. The third-order valence-corrected chi connectivity index (χ3v) is 3.77. The predicted octanol–water partition coefficient (Wildman–Crippen LogP) is 2.24. The van der Waals surface area contributed by atoms with Gasteiger partial charge in [0.2, 0.25) is 5.91 Å². The second kappa shape index (κ2) is 9.56. The second-order valence-corrected chi connectivity index (χ2v) is 7.10. The number of nitrogens with zero attached hydrogens (tertiary/aromatic N) is 1. The van der Waals surface area contributed by atoms with E-state index in [0.717, 1.165) is 19.3 Å². The van der Waals surface area contributed by atoms with Gasteiger partial charge in [-0.3, -0.25) is 14.8 Å². The molecule has 134 valence electrons. The van der Waals surface area contributed by atoms with Crippen LogP contribution < -0.4 is 0 Å². The van der Waals surface area contributed by atoms with Crippen LogP contribution in [0.4, 0.5) is 0 Å². The number of ether oxygens (including phenoxy) is 3. The van der Waals surface area contributed by atoms with Gasteiger partial charge in [0.05, 0.1) is 12.5 Å². The van der Waals surface area contributed by atoms with Gasteiger partial charge in [0.1, 0.15) is 12.1 Å². The molecule has 2 atom stereocenters. The van der Waals surface area contributed by atoms with Gasteiger partial charge in [-0.05, 0) is 40.0 Å². The molecule has 0 aromatic heterocycles. The van der Waals surface area contributed by atoms with E-state index in [9.17, 15) is 14.8 Å². The van der Waals surface area contributed by atoms with E-state index in [0.29, 0.717) is 17.0 Å². The molecule has 0 spiro atoms. The molecule has 1 aliphatic heterocycles. The van der Waals surface area contributed by atoms with Crippen molar-refractivity contribution in [2.75, 3.05) is 18.5 Å². The molecule has 1 amide bonds. The number of esters is 1. The quantitative estimate of drug-likeness (QED) is 0.308. The smallest absolute Gasteiger partial charge is 0.328 e. The molecule has 0 radical (unpaired) electrons. The van der Waals surface area contributed by atoms with E-state index in [1.165, 1.54) is 0 Å². The lowest BCUT2D eigenvalue weighted by atomic mass is 10.2. The average Bonchev–Trinajstić information content (AvgIpc) is 2.45. The van der Waals surface area contributed by atoms with Crippen molar-refractivity contribution in [2.45, 2.75) is 64.4 Å². The topological polar surface area (TPSA) is 85.3 Å². The SMILES string of the molecule is CC(C)(C)OC(=O)CN(O)C(=O)CC(CBr)OC1CCCCO1. The Hall–Kier alpha value is -0.700. The lowest BCUT2D eigenvalue weighted by Gasteiger charge is -2.27. The Morgan fingerprint density at radius 2 is 2.09 bits per heavy atom. The molecule has 1 aliphatic rings. The van der Waals surface area contributed by atoms with E-state index in [1.54, 1.807) is 20.8 Å². The zero-order valence-electron chi connectivity index (χ0n) is 13.9. The van der Waals surface area contributed by atoms with Crippen molar-refractivity contribution >= 4 is 27.8 Å². The number of amides is 1. The van der Waals surface area contributed by atoms with E-state index < -0.39 is 30.1 Å². The monoisotopic (exact) mass is 395 g/mol. The van der Waals surface area contributed by atoms with Gasteiger partial charge in [-0.15, -0.1) is 0 Å². The van der Waals surface area contributed by atoms with E-state index in [4.69, 9.17) is 14.2 Å². The molecule has 0 saturated carbocycles. The highest BCUT2D eigenvalue weighted by molar-refractivity contribution is 9.09. The van der Waals surface area contributed by atoms with Gasteiger partial charge >= 0.3 is 5.97 Å². The summed E-state index contributed by atoms with van der Waals surface area (Å²) in [5.41, 5.74) is -0.666. The van der Waals surface area contributed by atoms with Crippen LogP contribution in [0.5, 0.6) is 0 Å². The summed E-state index contributed by atoms with van der Waals surface area (Å²) in [4.78, 5) is 23.6. The summed E-state index contributed by atoms with van der Waals surface area (Å²) in [6, 6.07) is 0. The summed E-state index contributed by atoms with van der Waals surface area (Å²) in [7, 11) is 0. The molecular formula is C15H26BrNO6. The minimum Gasteiger partial charge on any atom is -0.459 e. The Kier molecular flexibility index (Phi) is 8.46. The predicted molar refractivity (Wildman–Crippen MR) is 86.2 cm³/mol. The standard InChI is InChI=1S/C15H26BrNO6/c1-15(2,3)23-13(19)10-17(20)12(18)8-11(9-16)22-14-6-4-5-7-21-14/h11,14,20H,4-10H2,1-3H3. The van der Waals surface area contributed by atoms with Crippen molar-refractivity contribution in [3.8, 4) is 0 Å². The normalized spacial score (nSPS) is 20.0. The number of hydrogen-bond acceptors (Lipinski definition) is 6. The van der Waals surface area contributed by atoms with Gasteiger partial charge in [0.15, 0.2) is 6.29 Å². The van der Waals surface area contributed by atoms with Crippen molar-refractivity contribution in [3.05, 3.63) is 0 Å². The van der Waals surface area contributed by atoms with Crippen molar-refractivity contribution in [3.63, 3.8) is 0 Å². The number of carbonyl (C=O) groups is 2. The Morgan fingerprint density at radius 3 is 2.61 bits per heavy atom. The number of hydroxylamine groups is 2. The van der Waals surface area contributed by atoms with E-state index in [2.05, 4.69) is 15.9 Å². The van der Waals surface area contributed by atoms with Gasteiger partial charge in [0, 0.05) is 11.9 Å². The summed E-state index contributed by atoms with van der Waals surface area (Å²) in [5, 5.41) is 10.5. The number of rotatable bonds is 7. The van der Waals surface area contributed by atoms with Crippen molar-refractivity contribution in [1.29, 1.82) is 0 Å². The molecule has 0 bridgehead atoms. The average molecular weight is 396 g/mol. The molecule has 0 aromatic rings. The molecule has 2 unspecified atom stereocenters. The first-order valence-corrected chi connectivity index (χ1v) is 8.87. The first kappa shape index (κ1) is 20.3. The van der Waals surface area contributed by atoms with Crippen LogP contribution in [0.1, 0.15) is 46.5 Å². The maximum atomic E-state index is 12.0. The maximum absolute atomic E-state index is 12.0. The van der Waals surface area contributed by atoms with Crippen molar-refractivity contribution in [1.82, 2.24) is 5.06 Å². The van der Waals surface area contributed by atoms with Crippen molar-refractivity contribution in [2.24, 2.45) is 0 Å². The second-order valence-electron chi connectivity index (χ2n) is 6.45. The third kappa shape index (κ3) is 8.64. The molecule has 1 N–H and O–H groups in total. The van der Waals surface area contributed by atoms with E-state index >= 15 is 0 Å². The van der Waals surface area contributed by atoms with Crippen molar-refractivity contribution < 1.29 is 29.0 Å². The van der Waals surface area contributed by atoms with E-state index in [1.807, 2.05) is 0 Å². The van der Waals surface area contributed by atoms with Crippen LogP contribution in [0.3, 0.4) is 0 Å². The lowest BCUT2D eigenvalue weighted by molar-refractivity contribution is -0.196. The van der Waals surface area contributed by atoms with Gasteiger partial charge in [0.25, 0.3) is 0 Å². The summed E-state index contributed by atoms with van der Waals surface area (Å²) in [6.07, 6.45) is 2.02. The molecule has 23 heavy (non-hydrogen) atoms. The van der Waals surface area contributed by atoms with Gasteiger partial charge in [-0.2, -0.15) is 0 Å². The lowest BCUT2D eigenvalue weighted by Crippen LogP contribution is -2.39. The largest absolute Gasteiger partial charge is 0.459 e. The number of carbonyl (C=O) groups excluding carboxylic acids is 2. The minimum atomic E-state index is -0.666. The molecule has 1 saturated heterocycles. The number of hydrogen-bond donors (Lipinski definition) is 1. The van der Waals surface area contributed by atoms with Gasteiger partial charge in [-0.1, -0.05) is 15.9 Å². The Bertz CT molecular complexity index is 392. The summed E-state index contributed by atoms with van der Waals surface area (Å²) >= 11 is 3.29. The summed E-state index contributed by atoms with van der Waals surface area (Å²) in [5.74, 6) is -1.27. The fourth-order valence-corrected chi connectivity index (χ4v) is 2.44. The molecular weight excluding hydrogens is 370 g/mol. The summed E-state index contributed by atoms with van der Waals surface area (Å²) < 4.78 is 16.2. The highest BCUT2D eigenvalue weighted by Crippen LogP contribution is 2.18. The fraction of sp³-hybridized carbons (Fsp3) is 0.867. The number of alkyl halides is 1. The van der Waals surface area contributed by atoms with Gasteiger partial charge in [-0.25, -0.2) is 5.06 Å². The Morgan fingerprint density at radius 1 is 1.39 bits per heavy atom. The zero-order valence-corrected chi connectivity index (χ0v) is 15.5. The van der Waals surface area contributed by atoms with Gasteiger partial charge < -0.3 is 14.2 Å². The van der Waals surface area contributed by atoms with Crippen LogP contribution in [-0.2, 0) is 23.8 Å². The first-order chi connectivity index (χ1) is 10.7. The Labute approximate surface area is 145 Å². The first-order valence-electron chi connectivity index (χ1n) is 7.75. The minimum absolute atomic E-state index is 0.0512. The molecule has 0 aliphatic carbocycles. The van der Waals surface area contributed by atoms with Crippen LogP contribution in [0.25, 0.3) is 0 Å². The fourth-order valence-electron chi connectivity index (χ4n) is 2.06. The highest BCUT2D eigenvalue weighted by atomic mass is 79.9. The maximum Gasteiger partial charge on any atom is 0.328 e. The summed E-state index contributed by atoms with van der Waals surface area (Å²) in [6.45, 7) is 5.29. The van der Waals surface area contributed by atoms with E-state index in [-0.39, 0.29) is 12.7 Å². The highest BCUT2D eigenvalue weighted by Gasteiger charge is 2.25. The third-order valence-electron chi connectivity index (χ3n) is 3.04. The molecule has 7 nitrogen and oxygen atoms in total. The van der Waals surface area contributed by atoms with Crippen LogP contribution in [0.15, 0.2) is 0 Å². The molecule has 1 rings (SSSR count). The van der Waals surface area contributed by atoms with Crippen LogP contribution >= 0.6 is 15.9 Å². The Balaban J connectivity index is 2.40. The number of halogens is 1. The van der Waals surface area contributed by atoms with Crippen LogP contribution in [0, 0.1) is 0 Å². The molecule has 8 heteroatoms. The van der Waals surface area contributed by atoms with Crippen LogP contribution in [-0.4, -0.2) is 58.6 Å². The molecule has 0 aromatic carbocycles. The molecule has 1 fully saturated rings.